The van der Waals surface area contributed by atoms with Gasteiger partial charge in [0.2, 0.25) is 0 Å². The van der Waals surface area contributed by atoms with Gasteiger partial charge in [-0.15, -0.1) is 0 Å². The van der Waals surface area contributed by atoms with E-state index in [9.17, 15) is 4.79 Å². The zero-order valence-corrected chi connectivity index (χ0v) is 12.7. The van der Waals surface area contributed by atoms with Crippen LogP contribution in [-0.4, -0.2) is 19.2 Å². The maximum atomic E-state index is 11.7. The van der Waals surface area contributed by atoms with Crippen LogP contribution in [-0.2, 0) is 9.53 Å². The van der Waals surface area contributed by atoms with Crippen molar-refractivity contribution >= 4 is 29.2 Å². The van der Waals surface area contributed by atoms with Crippen molar-refractivity contribution in [2.24, 2.45) is 0 Å². The van der Waals surface area contributed by atoms with E-state index in [-0.39, 0.29) is 11.7 Å². The topological polar surface area (TPSA) is 35.5 Å². The number of aryl methyl sites for hydroxylation is 1. The molecule has 0 aliphatic heterocycles. The van der Waals surface area contributed by atoms with Crippen LogP contribution < -0.4 is 4.74 Å². The molecule has 1 rings (SSSR count). The summed E-state index contributed by atoms with van der Waals surface area (Å²) >= 11 is 12.0. The predicted molar refractivity (Wildman–Crippen MR) is 77.2 cm³/mol. The van der Waals surface area contributed by atoms with Crippen molar-refractivity contribution in [2.75, 3.05) is 13.2 Å². The fraction of sp³-hybridized carbons (Fsp3) is 0.500. The second-order valence-corrected chi connectivity index (χ2v) is 5.00. The molecule has 0 N–H and O–H groups in total. The summed E-state index contributed by atoms with van der Waals surface area (Å²) in [7, 11) is 0. The van der Waals surface area contributed by atoms with E-state index in [4.69, 9.17) is 32.7 Å². The van der Waals surface area contributed by atoms with Crippen LogP contribution in [0, 0.1) is 6.92 Å². The number of rotatable bonds is 7. The highest BCUT2D eigenvalue weighted by molar-refractivity contribution is 6.37. The van der Waals surface area contributed by atoms with Crippen LogP contribution in [0.2, 0.25) is 10.0 Å². The molecule has 19 heavy (non-hydrogen) atoms. The SMILES string of the molecule is CCOCCCCC(=O)Oc1c(Cl)cc(C)cc1Cl. The first-order valence-corrected chi connectivity index (χ1v) is 7.04. The Hall–Kier alpha value is -0.770. The standard InChI is InChI=1S/C14H18Cl2O3/c1-3-18-7-5-4-6-13(17)19-14-11(15)8-10(2)9-12(14)16/h8-9H,3-7H2,1-2H3. The number of halogens is 2. The van der Waals surface area contributed by atoms with Gasteiger partial charge in [-0.05, 0) is 44.4 Å². The van der Waals surface area contributed by atoms with Crippen LogP contribution in [0.25, 0.3) is 0 Å². The van der Waals surface area contributed by atoms with Gasteiger partial charge >= 0.3 is 5.97 Å². The molecule has 3 nitrogen and oxygen atoms in total. The van der Waals surface area contributed by atoms with Crippen molar-refractivity contribution in [1.29, 1.82) is 0 Å². The van der Waals surface area contributed by atoms with Crippen LogP contribution in [0.3, 0.4) is 0 Å². The number of hydrogen-bond acceptors (Lipinski definition) is 3. The number of carbonyl (C=O) groups is 1. The number of esters is 1. The van der Waals surface area contributed by atoms with Crippen LogP contribution in [0.1, 0.15) is 31.7 Å². The predicted octanol–water partition coefficient (Wildman–Crippen LogP) is 4.41. The van der Waals surface area contributed by atoms with E-state index in [0.29, 0.717) is 29.7 Å². The lowest BCUT2D eigenvalue weighted by molar-refractivity contribution is -0.134. The Labute approximate surface area is 123 Å². The lowest BCUT2D eigenvalue weighted by atomic mass is 10.2. The molecule has 1 aromatic rings. The number of carbonyl (C=O) groups excluding carboxylic acids is 1. The van der Waals surface area contributed by atoms with Crippen molar-refractivity contribution in [3.05, 3.63) is 27.7 Å². The lowest BCUT2D eigenvalue weighted by Crippen LogP contribution is -2.09. The van der Waals surface area contributed by atoms with Crippen molar-refractivity contribution in [2.45, 2.75) is 33.1 Å². The second-order valence-electron chi connectivity index (χ2n) is 4.19. The molecule has 0 unspecified atom stereocenters. The summed E-state index contributed by atoms with van der Waals surface area (Å²) in [6, 6.07) is 3.43. The van der Waals surface area contributed by atoms with Gasteiger partial charge in [-0.3, -0.25) is 4.79 Å². The van der Waals surface area contributed by atoms with E-state index in [2.05, 4.69) is 0 Å². The summed E-state index contributed by atoms with van der Waals surface area (Å²) < 4.78 is 10.4. The van der Waals surface area contributed by atoms with Crippen LogP contribution in [0.4, 0.5) is 0 Å². The van der Waals surface area contributed by atoms with Crippen LogP contribution in [0.5, 0.6) is 5.75 Å². The van der Waals surface area contributed by atoms with E-state index < -0.39 is 0 Å². The Bertz CT molecular complexity index is 410. The molecule has 0 saturated carbocycles. The number of ether oxygens (including phenoxy) is 2. The van der Waals surface area contributed by atoms with Crippen molar-refractivity contribution in [3.63, 3.8) is 0 Å². The minimum Gasteiger partial charge on any atom is -0.423 e. The molecule has 0 aliphatic carbocycles. The molecule has 0 radical (unpaired) electrons. The fourth-order valence-corrected chi connectivity index (χ4v) is 2.24. The molecule has 5 heteroatoms. The van der Waals surface area contributed by atoms with E-state index in [1.165, 1.54) is 0 Å². The van der Waals surface area contributed by atoms with Crippen LogP contribution >= 0.6 is 23.2 Å². The zero-order valence-electron chi connectivity index (χ0n) is 11.2. The second kappa shape index (κ2) is 8.41. The minimum absolute atomic E-state index is 0.240. The average Bonchev–Trinajstić information content (AvgIpc) is 2.33. The summed E-state index contributed by atoms with van der Waals surface area (Å²) in [6.07, 6.45) is 1.88. The van der Waals surface area contributed by atoms with Crippen molar-refractivity contribution in [1.82, 2.24) is 0 Å². The quantitative estimate of drug-likeness (QED) is 0.425. The van der Waals surface area contributed by atoms with Crippen LogP contribution in [0.15, 0.2) is 12.1 Å². The minimum atomic E-state index is -0.329. The summed E-state index contributed by atoms with van der Waals surface area (Å²) in [5.41, 5.74) is 0.923. The first-order valence-electron chi connectivity index (χ1n) is 6.28. The first kappa shape index (κ1) is 16.3. The van der Waals surface area contributed by atoms with Gasteiger partial charge in [0.25, 0.3) is 0 Å². The van der Waals surface area contributed by atoms with E-state index >= 15 is 0 Å². The van der Waals surface area contributed by atoms with E-state index in [1.807, 2.05) is 13.8 Å². The Morgan fingerprint density at radius 3 is 2.42 bits per heavy atom. The third kappa shape index (κ3) is 5.81. The largest absolute Gasteiger partial charge is 0.423 e. The fourth-order valence-electron chi connectivity index (χ4n) is 1.57. The Kier molecular flexibility index (Phi) is 7.21. The molecule has 0 amide bonds. The summed E-state index contributed by atoms with van der Waals surface area (Å²) in [4.78, 5) is 11.7. The van der Waals surface area contributed by atoms with Crippen molar-refractivity contribution < 1.29 is 14.3 Å². The highest BCUT2D eigenvalue weighted by Gasteiger charge is 2.12. The van der Waals surface area contributed by atoms with Gasteiger partial charge in [0.05, 0.1) is 10.0 Å². The maximum absolute atomic E-state index is 11.7. The van der Waals surface area contributed by atoms with E-state index in [0.717, 1.165) is 18.4 Å². The van der Waals surface area contributed by atoms with E-state index in [1.54, 1.807) is 12.1 Å². The molecule has 0 heterocycles. The normalized spacial score (nSPS) is 10.5. The zero-order chi connectivity index (χ0) is 14.3. The van der Waals surface area contributed by atoms with Gasteiger partial charge < -0.3 is 9.47 Å². The number of unbranched alkanes of at least 4 members (excludes halogenated alkanes) is 1. The molecule has 106 valence electrons. The lowest BCUT2D eigenvalue weighted by Gasteiger charge is -2.09. The molecule has 0 bridgehead atoms. The average molecular weight is 305 g/mol. The van der Waals surface area contributed by atoms with Gasteiger partial charge in [0.15, 0.2) is 5.75 Å². The summed E-state index contributed by atoms with van der Waals surface area (Å²) in [5, 5.41) is 0.709. The van der Waals surface area contributed by atoms with Gasteiger partial charge in [0.1, 0.15) is 0 Å². The monoisotopic (exact) mass is 304 g/mol. The van der Waals surface area contributed by atoms with Gasteiger partial charge in [-0.2, -0.15) is 0 Å². The summed E-state index contributed by atoms with van der Waals surface area (Å²) in [5.74, 6) is -0.0899. The Morgan fingerprint density at radius 1 is 1.21 bits per heavy atom. The van der Waals surface area contributed by atoms with Gasteiger partial charge in [0, 0.05) is 19.6 Å². The molecular formula is C14H18Cl2O3. The smallest absolute Gasteiger partial charge is 0.311 e. The molecule has 0 saturated heterocycles. The third-order valence-electron chi connectivity index (χ3n) is 2.48. The Morgan fingerprint density at radius 2 is 1.84 bits per heavy atom. The highest BCUT2D eigenvalue weighted by Crippen LogP contribution is 2.34. The molecule has 1 aromatic carbocycles. The van der Waals surface area contributed by atoms with Gasteiger partial charge in [-0.1, -0.05) is 23.2 Å². The van der Waals surface area contributed by atoms with Gasteiger partial charge in [-0.25, -0.2) is 0 Å². The summed E-state index contributed by atoms with van der Waals surface area (Å²) in [6.45, 7) is 5.17. The molecule has 0 aromatic heterocycles. The molecular weight excluding hydrogens is 287 g/mol. The highest BCUT2D eigenvalue weighted by atomic mass is 35.5. The Balaban J connectivity index is 2.44. The maximum Gasteiger partial charge on any atom is 0.311 e. The molecule has 0 spiro atoms. The first-order chi connectivity index (χ1) is 9.04. The molecule has 0 fully saturated rings. The number of hydrogen-bond donors (Lipinski definition) is 0. The van der Waals surface area contributed by atoms with Crippen molar-refractivity contribution in [3.8, 4) is 5.75 Å². The molecule has 0 atom stereocenters. The third-order valence-corrected chi connectivity index (χ3v) is 3.04. The number of benzene rings is 1. The molecule has 0 aliphatic rings.